The van der Waals surface area contributed by atoms with E-state index in [2.05, 4.69) is 10.5 Å². The molecular weight excluding hydrogens is 336 g/mol. The number of ether oxygens (including phenoxy) is 4. The number of nitrogens with one attached hydrogen (secondary N) is 1. The Morgan fingerprint density at radius 1 is 0.962 bits per heavy atom. The lowest BCUT2D eigenvalue weighted by Gasteiger charge is -2.12. The lowest BCUT2D eigenvalue weighted by Crippen LogP contribution is -2.19. The molecule has 2 aromatic carbocycles. The number of rotatable bonds is 8. The number of carbonyl (C=O) groups excluding carboxylic acids is 1. The molecule has 2 aromatic rings. The second-order valence-corrected chi connectivity index (χ2v) is 5.28. The molecule has 0 unspecified atom stereocenters. The Balaban J connectivity index is 2.01. The molecule has 0 atom stereocenters. The van der Waals surface area contributed by atoms with E-state index in [0.29, 0.717) is 22.8 Å². The van der Waals surface area contributed by atoms with Crippen LogP contribution in [0, 0.1) is 0 Å². The number of hydrogen-bond donors (Lipinski definition) is 1. The first-order valence-electron chi connectivity index (χ1n) is 7.86. The van der Waals surface area contributed by atoms with Crippen LogP contribution in [-0.4, -0.2) is 40.6 Å². The van der Waals surface area contributed by atoms with Crippen molar-refractivity contribution in [3.8, 4) is 23.0 Å². The summed E-state index contributed by atoms with van der Waals surface area (Å²) in [6, 6.07) is 10.8. The van der Waals surface area contributed by atoms with Crippen molar-refractivity contribution in [2.24, 2.45) is 5.10 Å². The highest BCUT2D eigenvalue weighted by Crippen LogP contribution is 2.37. The molecule has 7 nitrogen and oxygen atoms in total. The molecule has 0 spiro atoms. The van der Waals surface area contributed by atoms with Crippen LogP contribution in [0.1, 0.15) is 11.1 Å². The molecule has 0 radical (unpaired) electrons. The maximum Gasteiger partial charge on any atom is 0.244 e. The molecule has 0 aliphatic carbocycles. The predicted octanol–water partition coefficient (Wildman–Crippen LogP) is 2.41. The number of methoxy groups -OCH3 is 4. The van der Waals surface area contributed by atoms with Crippen LogP contribution in [0.2, 0.25) is 0 Å². The summed E-state index contributed by atoms with van der Waals surface area (Å²) in [4.78, 5) is 12.0. The molecule has 0 aliphatic heterocycles. The molecule has 7 heteroatoms. The van der Waals surface area contributed by atoms with Gasteiger partial charge in [0, 0.05) is 5.56 Å². The summed E-state index contributed by atoms with van der Waals surface area (Å²) in [5.74, 6) is 2.04. The van der Waals surface area contributed by atoms with Gasteiger partial charge in [-0.15, -0.1) is 0 Å². The van der Waals surface area contributed by atoms with Crippen molar-refractivity contribution in [1.82, 2.24) is 5.43 Å². The van der Waals surface area contributed by atoms with Gasteiger partial charge in [0.1, 0.15) is 5.75 Å². The first-order valence-corrected chi connectivity index (χ1v) is 7.86. The standard InChI is InChI=1S/C19H22N2O5/c1-23-15-7-5-13(6-8-15)11-18(22)21-20-12-14-9-16(24-2)19(26-4)17(10-14)25-3/h5-10,12H,11H2,1-4H3,(H,21,22)/b20-12+. The molecule has 0 aromatic heterocycles. The maximum atomic E-state index is 12.0. The van der Waals surface area contributed by atoms with Gasteiger partial charge in [0.05, 0.1) is 41.1 Å². The highest BCUT2D eigenvalue weighted by atomic mass is 16.5. The van der Waals surface area contributed by atoms with Crippen LogP contribution in [0.15, 0.2) is 41.5 Å². The minimum absolute atomic E-state index is 0.219. The van der Waals surface area contributed by atoms with Crippen LogP contribution in [0.4, 0.5) is 0 Å². The van der Waals surface area contributed by atoms with Gasteiger partial charge in [-0.2, -0.15) is 5.10 Å². The van der Waals surface area contributed by atoms with Crippen LogP contribution in [0.25, 0.3) is 0 Å². The lowest BCUT2D eigenvalue weighted by molar-refractivity contribution is -0.120. The van der Waals surface area contributed by atoms with Gasteiger partial charge in [-0.1, -0.05) is 12.1 Å². The van der Waals surface area contributed by atoms with Gasteiger partial charge in [0.2, 0.25) is 11.7 Å². The summed E-state index contributed by atoms with van der Waals surface area (Å²) in [5, 5.41) is 3.98. The average Bonchev–Trinajstić information content (AvgIpc) is 2.67. The van der Waals surface area contributed by atoms with E-state index in [1.165, 1.54) is 27.5 Å². The van der Waals surface area contributed by atoms with Crippen LogP contribution in [0.3, 0.4) is 0 Å². The highest BCUT2D eigenvalue weighted by Gasteiger charge is 2.12. The average molecular weight is 358 g/mol. The van der Waals surface area contributed by atoms with Crippen molar-refractivity contribution in [2.45, 2.75) is 6.42 Å². The molecular formula is C19H22N2O5. The largest absolute Gasteiger partial charge is 0.497 e. The van der Waals surface area contributed by atoms with E-state index in [1.807, 2.05) is 24.3 Å². The fourth-order valence-electron chi connectivity index (χ4n) is 2.32. The quantitative estimate of drug-likeness (QED) is 0.579. The Hall–Kier alpha value is -3.22. The van der Waals surface area contributed by atoms with Gasteiger partial charge >= 0.3 is 0 Å². The van der Waals surface area contributed by atoms with Crippen molar-refractivity contribution in [3.05, 3.63) is 47.5 Å². The van der Waals surface area contributed by atoms with E-state index >= 15 is 0 Å². The minimum Gasteiger partial charge on any atom is -0.497 e. The van der Waals surface area contributed by atoms with Gasteiger partial charge in [0.25, 0.3) is 0 Å². The van der Waals surface area contributed by atoms with Gasteiger partial charge in [-0.3, -0.25) is 4.79 Å². The number of hydrazone groups is 1. The second-order valence-electron chi connectivity index (χ2n) is 5.28. The highest BCUT2D eigenvalue weighted by molar-refractivity contribution is 5.85. The van der Waals surface area contributed by atoms with Crippen LogP contribution < -0.4 is 24.4 Å². The van der Waals surface area contributed by atoms with E-state index in [0.717, 1.165) is 11.3 Å². The van der Waals surface area contributed by atoms with Crippen molar-refractivity contribution in [2.75, 3.05) is 28.4 Å². The third-order valence-corrected chi connectivity index (χ3v) is 3.61. The van der Waals surface area contributed by atoms with Gasteiger partial charge in [-0.05, 0) is 29.8 Å². The fourth-order valence-corrected chi connectivity index (χ4v) is 2.32. The summed E-state index contributed by atoms with van der Waals surface area (Å²) in [7, 11) is 6.21. The third kappa shape index (κ3) is 4.89. The Bertz CT molecular complexity index is 747. The topological polar surface area (TPSA) is 78.4 Å². The van der Waals surface area contributed by atoms with Gasteiger partial charge < -0.3 is 18.9 Å². The number of nitrogens with zero attached hydrogens (tertiary/aromatic N) is 1. The third-order valence-electron chi connectivity index (χ3n) is 3.61. The Morgan fingerprint density at radius 3 is 2.08 bits per heavy atom. The molecule has 0 saturated carbocycles. The Morgan fingerprint density at radius 2 is 1.58 bits per heavy atom. The Labute approximate surface area is 152 Å². The van der Waals surface area contributed by atoms with E-state index in [9.17, 15) is 4.79 Å². The molecule has 0 aliphatic rings. The SMILES string of the molecule is COc1ccc(CC(=O)N/N=C/c2cc(OC)c(OC)c(OC)c2)cc1. The van der Waals surface area contributed by atoms with E-state index in [4.69, 9.17) is 18.9 Å². The molecule has 0 saturated heterocycles. The van der Waals surface area contributed by atoms with E-state index in [-0.39, 0.29) is 12.3 Å². The normalized spacial score (nSPS) is 10.5. The zero-order valence-corrected chi connectivity index (χ0v) is 15.2. The monoisotopic (exact) mass is 358 g/mol. The molecule has 2 rings (SSSR count). The molecule has 1 amide bonds. The summed E-state index contributed by atoms with van der Waals surface area (Å²) in [6.07, 6.45) is 1.73. The molecule has 1 N–H and O–H groups in total. The predicted molar refractivity (Wildman–Crippen MR) is 98.5 cm³/mol. The maximum absolute atomic E-state index is 12.0. The fraction of sp³-hybridized carbons (Fsp3) is 0.263. The van der Waals surface area contributed by atoms with Crippen molar-refractivity contribution >= 4 is 12.1 Å². The molecule has 138 valence electrons. The molecule has 0 heterocycles. The van der Waals surface area contributed by atoms with Crippen molar-refractivity contribution < 1.29 is 23.7 Å². The van der Waals surface area contributed by atoms with Gasteiger partial charge in [-0.25, -0.2) is 5.43 Å². The van der Waals surface area contributed by atoms with Crippen molar-refractivity contribution in [1.29, 1.82) is 0 Å². The van der Waals surface area contributed by atoms with Crippen LogP contribution in [-0.2, 0) is 11.2 Å². The molecule has 26 heavy (non-hydrogen) atoms. The number of carbonyl (C=O) groups is 1. The zero-order chi connectivity index (χ0) is 18.9. The van der Waals surface area contributed by atoms with E-state index < -0.39 is 0 Å². The summed E-state index contributed by atoms with van der Waals surface area (Å²) in [5.41, 5.74) is 4.06. The second kappa shape index (κ2) is 9.31. The summed E-state index contributed by atoms with van der Waals surface area (Å²) in [6.45, 7) is 0. The number of amides is 1. The van der Waals surface area contributed by atoms with Gasteiger partial charge in [0.15, 0.2) is 11.5 Å². The summed E-state index contributed by atoms with van der Waals surface area (Å²) < 4.78 is 20.9. The minimum atomic E-state index is -0.223. The lowest BCUT2D eigenvalue weighted by atomic mass is 10.1. The smallest absolute Gasteiger partial charge is 0.244 e. The van der Waals surface area contributed by atoms with E-state index in [1.54, 1.807) is 19.2 Å². The van der Waals surface area contributed by atoms with Crippen LogP contribution >= 0.6 is 0 Å². The summed E-state index contributed by atoms with van der Waals surface area (Å²) >= 11 is 0. The zero-order valence-electron chi connectivity index (χ0n) is 15.2. The number of benzene rings is 2. The molecule has 0 fully saturated rings. The Kier molecular flexibility index (Phi) is 6.84. The first kappa shape index (κ1) is 19.1. The first-order chi connectivity index (χ1) is 12.6. The number of hydrogen-bond acceptors (Lipinski definition) is 6. The van der Waals surface area contributed by atoms with Crippen LogP contribution in [0.5, 0.6) is 23.0 Å². The van der Waals surface area contributed by atoms with Crippen molar-refractivity contribution in [3.63, 3.8) is 0 Å². The molecule has 0 bridgehead atoms.